The van der Waals surface area contributed by atoms with Crippen LogP contribution in [0, 0.1) is 0 Å². The molecule has 0 radical (unpaired) electrons. The van der Waals surface area contributed by atoms with Crippen molar-refractivity contribution in [1.29, 1.82) is 0 Å². The van der Waals surface area contributed by atoms with Crippen molar-refractivity contribution in [2.24, 2.45) is 0 Å². The van der Waals surface area contributed by atoms with Crippen LogP contribution in [0.15, 0.2) is 54.6 Å². The van der Waals surface area contributed by atoms with Crippen molar-refractivity contribution in [3.63, 3.8) is 0 Å². The average molecular weight is 314 g/mol. The fraction of sp³-hybridized carbons (Fsp3) is 0.167. The molecule has 0 aliphatic carbocycles. The maximum Gasteiger partial charge on any atom is 0.124 e. The molecule has 1 aromatic heterocycles. The summed E-state index contributed by atoms with van der Waals surface area (Å²) in [5.41, 5.74) is 3.37. The van der Waals surface area contributed by atoms with Gasteiger partial charge in [0.2, 0.25) is 0 Å². The first-order valence-electron chi connectivity index (χ1n) is 6.97. The van der Waals surface area contributed by atoms with E-state index in [1.807, 2.05) is 42.5 Å². The van der Waals surface area contributed by atoms with Crippen LogP contribution >= 0.6 is 22.9 Å². The Labute approximate surface area is 134 Å². The third-order valence-corrected chi connectivity index (χ3v) is 4.97. The first kappa shape index (κ1) is 14.3. The molecule has 0 saturated heterocycles. The van der Waals surface area contributed by atoms with Crippen LogP contribution in [0.4, 0.5) is 0 Å². The minimum atomic E-state index is 0.450. The lowest BCUT2D eigenvalue weighted by Crippen LogP contribution is -1.87. The molecule has 0 unspecified atom stereocenters. The van der Waals surface area contributed by atoms with Crippen molar-refractivity contribution < 1.29 is 0 Å². The molecular formula is C18H16ClNS. The summed E-state index contributed by atoms with van der Waals surface area (Å²) in [6.07, 6.45) is 0. The lowest BCUT2D eigenvalue weighted by molar-refractivity contribution is 0.888. The van der Waals surface area contributed by atoms with Gasteiger partial charge in [0, 0.05) is 21.0 Å². The minimum absolute atomic E-state index is 0.450. The second-order valence-corrected chi connectivity index (χ2v) is 6.73. The van der Waals surface area contributed by atoms with Gasteiger partial charge >= 0.3 is 0 Å². The molecule has 0 fully saturated rings. The van der Waals surface area contributed by atoms with E-state index in [2.05, 4.69) is 26.0 Å². The van der Waals surface area contributed by atoms with Gasteiger partial charge in [-0.2, -0.15) is 0 Å². The molecule has 3 rings (SSSR count). The van der Waals surface area contributed by atoms with E-state index in [4.69, 9.17) is 16.6 Å². The van der Waals surface area contributed by atoms with Gasteiger partial charge in [0.15, 0.2) is 0 Å². The molecule has 0 N–H and O–H groups in total. The fourth-order valence-corrected chi connectivity index (χ4v) is 3.46. The monoisotopic (exact) mass is 313 g/mol. The largest absolute Gasteiger partial charge is 0.236 e. The predicted octanol–water partition coefficient (Wildman–Crippen LogP) is 6.25. The zero-order valence-corrected chi connectivity index (χ0v) is 13.6. The van der Waals surface area contributed by atoms with Gasteiger partial charge in [-0.1, -0.05) is 67.9 Å². The van der Waals surface area contributed by atoms with Gasteiger partial charge < -0.3 is 0 Å². The highest BCUT2D eigenvalue weighted by Crippen LogP contribution is 2.38. The average Bonchev–Trinajstić information content (AvgIpc) is 2.94. The first-order chi connectivity index (χ1) is 10.1. The van der Waals surface area contributed by atoms with Crippen molar-refractivity contribution >= 4 is 22.9 Å². The highest BCUT2D eigenvalue weighted by atomic mass is 35.5. The molecule has 0 atom stereocenters. The number of nitrogens with zero attached hydrogens (tertiary/aromatic N) is 1. The Morgan fingerprint density at radius 1 is 0.905 bits per heavy atom. The molecule has 1 heterocycles. The Bertz CT molecular complexity index is 730. The van der Waals surface area contributed by atoms with E-state index in [0.29, 0.717) is 5.92 Å². The van der Waals surface area contributed by atoms with Crippen molar-refractivity contribution in [1.82, 2.24) is 4.98 Å². The number of benzene rings is 2. The Morgan fingerprint density at radius 2 is 1.57 bits per heavy atom. The number of hydrogen-bond donors (Lipinski definition) is 0. The van der Waals surface area contributed by atoms with Crippen molar-refractivity contribution in [3.8, 4) is 21.8 Å². The number of aromatic nitrogens is 1. The minimum Gasteiger partial charge on any atom is -0.236 e. The summed E-state index contributed by atoms with van der Waals surface area (Å²) in [5.74, 6) is 0.450. The smallest absolute Gasteiger partial charge is 0.124 e. The molecule has 0 aliphatic heterocycles. The van der Waals surface area contributed by atoms with E-state index in [1.54, 1.807) is 11.3 Å². The topological polar surface area (TPSA) is 12.9 Å². The second kappa shape index (κ2) is 6.00. The molecule has 21 heavy (non-hydrogen) atoms. The second-order valence-electron chi connectivity index (χ2n) is 5.26. The van der Waals surface area contributed by atoms with Crippen molar-refractivity contribution in [3.05, 3.63) is 64.5 Å². The third kappa shape index (κ3) is 3.02. The summed E-state index contributed by atoms with van der Waals surface area (Å²) in [5, 5.41) is 1.83. The standard InChI is InChI=1S/C18H16ClNS/c1-12(2)17-16(13-8-10-15(19)11-9-13)20-18(21-17)14-6-4-3-5-7-14/h3-12H,1-2H3. The zero-order valence-electron chi connectivity index (χ0n) is 12.0. The van der Waals surface area contributed by atoms with Gasteiger partial charge in [-0.25, -0.2) is 4.98 Å². The maximum absolute atomic E-state index is 5.98. The zero-order chi connectivity index (χ0) is 14.8. The molecule has 0 saturated carbocycles. The maximum atomic E-state index is 5.98. The van der Waals surface area contributed by atoms with Crippen molar-refractivity contribution in [2.45, 2.75) is 19.8 Å². The fourth-order valence-electron chi connectivity index (χ4n) is 2.24. The number of thiazole rings is 1. The van der Waals surface area contributed by atoms with Crippen LogP contribution in [0.1, 0.15) is 24.6 Å². The van der Waals surface area contributed by atoms with Gasteiger partial charge in [0.1, 0.15) is 5.01 Å². The van der Waals surface area contributed by atoms with Crippen LogP contribution in [-0.2, 0) is 0 Å². The lowest BCUT2D eigenvalue weighted by atomic mass is 10.1. The van der Waals surface area contributed by atoms with E-state index in [-0.39, 0.29) is 0 Å². The van der Waals surface area contributed by atoms with Crippen LogP contribution in [0.3, 0.4) is 0 Å². The first-order valence-corrected chi connectivity index (χ1v) is 8.16. The summed E-state index contributed by atoms with van der Waals surface area (Å²) in [6.45, 7) is 4.42. The summed E-state index contributed by atoms with van der Waals surface area (Å²) in [6, 6.07) is 18.3. The predicted molar refractivity (Wildman–Crippen MR) is 92.1 cm³/mol. The Morgan fingerprint density at radius 3 is 2.19 bits per heavy atom. The third-order valence-electron chi connectivity index (χ3n) is 3.32. The summed E-state index contributed by atoms with van der Waals surface area (Å²) in [4.78, 5) is 6.19. The molecule has 3 heteroatoms. The molecule has 0 amide bonds. The summed E-state index contributed by atoms with van der Waals surface area (Å²) < 4.78 is 0. The molecule has 106 valence electrons. The molecule has 3 aromatic rings. The molecule has 0 bridgehead atoms. The lowest BCUT2D eigenvalue weighted by Gasteiger charge is -2.05. The Balaban J connectivity index is 2.11. The highest BCUT2D eigenvalue weighted by Gasteiger charge is 2.16. The molecule has 0 aliphatic rings. The van der Waals surface area contributed by atoms with E-state index < -0.39 is 0 Å². The van der Waals surface area contributed by atoms with Crippen LogP contribution < -0.4 is 0 Å². The van der Waals surface area contributed by atoms with Gasteiger partial charge in [0.25, 0.3) is 0 Å². The molecule has 1 nitrogen and oxygen atoms in total. The van der Waals surface area contributed by atoms with Gasteiger partial charge in [-0.3, -0.25) is 0 Å². The molecule has 0 spiro atoms. The van der Waals surface area contributed by atoms with E-state index >= 15 is 0 Å². The molecule has 2 aromatic carbocycles. The van der Waals surface area contributed by atoms with Crippen LogP contribution in [0.5, 0.6) is 0 Å². The molecular weight excluding hydrogens is 298 g/mol. The van der Waals surface area contributed by atoms with Gasteiger partial charge in [0.05, 0.1) is 5.69 Å². The van der Waals surface area contributed by atoms with Crippen LogP contribution in [0.25, 0.3) is 21.8 Å². The van der Waals surface area contributed by atoms with Gasteiger partial charge in [-0.05, 0) is 18.1 Å². The number of rotatable bonds is 3. The highest BCUT2D eigenvalue weighted by molar-refractivity contribution is 7.15. The van der Waals surface area contributed by atoms with Gasteiger partial charge in [-0.15, -0.1) is 11.3 Å². The summed E-state index contributed by atoms with van der Waals surface area (Å²) >= 11 is 7.76. The van der Waals surface area contributed by atoms with E-state index in [9.17, 15) is 0 Å². The quantitative estimate of drug-likeness (QED) is 0.556. The van der Waals surface area contributed by atoms with Crippen LogP contribution in [-0.4, -0.2) is 4.98 Å². The normalized spacial score (nSPS) is 11.0. The van der Waals surface area contributed by atoms with Crippen LogP contribution in [0.2, 0.25) is 5.02 Å². The van der Waals surface area contributed by atoms with Crippen molar-refractivity contribution in [2.75, 3.05) is 0 Å². The van der Waals surface area contributed by atoms with E-state index in [0.717, 1.165) is 21.3 Å². The summed E-state index contributed by atoms with van der Waals surface area (Å²) in [7, 11) is 0. The number of hydrogen-bond acceptors (Lipinski definition) is 2. The SMILES string of the molecule is CC(C)c1sc(-c2ccccc2)nc1-c1ccc(Cl)cc1. The number of halogens is 1. The Kier molecular flexibility index (Phi) is 4.09. The van der Waals surface area contributed by atoms with E-state index in [1.165, 1.54) is 10.4 Å². The Hall–Kier alpha value is -1.64.